The molecule has 3 rings (SSSR count). The van der Waals surface area contributed by atoms with Gasteiger partial charge < -0.3 is 13.9 Å². The highest BCUT2D eigenvalue weighted by molar-refractivity contribution is 7.98. The minimum absolute atomic E-state index is 0.00426. The fraction of sp³-hybridized carbons (Fsp3) is 0.176. The van der Waals surface area contributed by atoms with E-state index in [1.807, 2.05) is 30.3 Å². The lowest BCUT2D eigenvalue weighted by Gasteiger charge is -2.10. The van der Waals surface area contributed by atoms with E-state index in [1.165, 1.54) is 24.9 Å². The second-order valence-corrected chi connectivity index (χ2v) is 5.82. The van der Waals surface area contributed by atoms with Gasteiger partial charge in [0.05, 0.1) is 7.11 Å². The average molecular weight is 364 g/mol. The number of hydrogen-bond acceptors (Lipinski definition) is 6. The maximum absolute atomic E-state index is 12.3. The van der Waals surface area contributed by atoms with Crippen molar-refractivity contribution < 1.29 is 22.7 Å². The van der Waals surface area contributed by atoms with Gasteiger partial charge in [0.1, 0.15) is 0 Å². The third-order valence-corrected chi connectivity index (χ3v) is 4.12. The summed E-state index contributed by atoms with van der Waals surface area (Å²) in [5.74, 6) is 1.20. The number of hydrogen-bond donors (Lipinski definition) is 0. The van der Waals surface area contributed by atoms with E-state index in [0.717, 1.165) is 11.1 Å². The SMILES string of the molecule is COc1cc(CSc2nnc(-c3ccccc3)o2)ccc1OC(F)F. The van der Waals surface area contributed by atoms with Crippen LogP contribution in [-0.4, -0.2) is 23.9 Å². The molecule has 0 amide bonds. The number of alkyl halides is 2. The Bertz CT molecular complexity index is 828. The Morgan fingerprint density at radius 3 is 2.60 bits per heavy atom. The van der Waals surface area contributed by atoms with Crippen LogP contribution in [0, 0.1) is 0 Å². The van der Waals surface area contributed by atoms with Crippen molar-refractivity contribution in [2.24, 2.45) is 0 Å². The van der Waals surface area contributed by atoms with Crippen molar-refractivity contribution in [2.75, 3.05) is 7.11 Å². The van der Waals surface area contributed by atoms with Crippen molar-refractivity contribution >= 4 is 11.8 Å². The van der Waals surface area contributed by atoms with Gasteiger partial charge in [-0.2, -0.15) is 8.78 Å². The Balaban J connectivity index is 1.67. The zero-order valence-electron chi connectivity index (χ0n) is 13.2. The summed E-state index contributed by atoms with van der Waals surface area (Å²) in [6.07, 6.45) is 0. The molecule has 0 saturated carbocycles. The third kappa shape index (κ3) is 4.48. The summed E-state index contributed by atoms with van der Waals surface area (Å²) in [5, 5.41) is 8.43. The van der Waals surface area contributed by atoms with Gasteiger partial charge in [-0.25, -0.2) is 0 Å². The largest absolute Gasteiger partial charge is 0.493 e. The predicted molar refractivity (Wildman–Crippen MR) is 88.9 cm³/mol. The first-order valence-electron chi connectivity index (χ1n) is 7.29. The van der Waals surface area contributed by atoms with Crippen LogP contribution in [0.5, 0.6) is 11.5 Å². The maximum Gasteiger partial charge on any atom is 0.387 e. The molecule has 0 aliphatic carbocycles. The Morgan fingerprint density at radius 1 is 1.08 bits per heavy atom. The van der Waals surface area contributed by atoms with E-state index in [2.05, 4.69) is 14.9 Å². The minimum atomic E-state index is -2.90. The zero-order valence-corrected chi connectivity index (χ0v) is 14.0. The summed E-state index contributed by atoms with van der Waals surface area (Å²) >= 11 is 1.34. The molecule has 8 heteroatoms. The van der Waals surface area contributed by atoms with Gasteiger partial charge in [-0.3, -0.25) is 0 Å². The molecule has 0 atom stereocenters. The van der Waals surface area contributed by atoms with Gasteiger partial charge in [0.15, 0.2) is 11.5 Å². The molecule has 0 aliphatic heterocycles. The number of halogens is 2. The summed E-state index contributed by atoms with van der Waals surface area (Å²) in [7, 11) is 1.40. The first-order chi connectivity index (χ1) is 12.2. The smallest absolute Gasteiger partial charge is 0.387 e. The van der Waals surface area contributed by atoms with E-state index < -0.39 is 6.61 Å². The first kappa shape index (κ1) is 17.2. The molecule has 0 aliphatic rings. The molecule has 2 aromatic carbocycles. The van der Waals surface area contributed by atoms with Crippen molar-refractivity contribution in [2.45, 2.75) is 17.6 Å². The Labute approximate surface area is 147 Å². The van der Waals surface area contributed by atoms with E-state index in [0.29, 0.717) is 16.9 Å². The third-order valence-electron chi connectivity index (χ3n) is 3.23. The number of benzene rings is 2. The Kier molecular flexibility index (Phi) is 5.49. The molecule has 0 spiro atoms. The summed E-state index contributed by atoms with van der Waals surface area (Å²) in [4.78, 5) is 0. The lowest BCUT2D eigenvalue weighted by atomic mass is 10.2. The Hall–Kier alpha value is -2.61. The summed E-state index contributed by atoms with van der Waals surface area (Å²) in [5.41, 5.74) is 1.69. The van der Waals surface area contributed by atoms with Gasteiger partial charge in [0, 0.05) is 11.3 Å². The molecule has 25 heavy (non-hydrogen) atoms. The van der Waals surface area contributed by atoms with Gasteiger partial charge in [0.2, 0.25) is 5.89 Å². The highest BCUT2D eigenvalue weighted by Gasteiger charge is 2.13. The van der Waals surface area contributed by atoms with Crippen LogP contribution in [0.15, 0.2) is 58.2 Å². The molecule has 0 fully saturated rings. The van der Waals surface area contributed by atoms with E-state index in [4.69, 9.17) is 9.15 Å². The molecule has 5 nitrogen and oxygen atoms in total. The van der Waals surface area contributed by atoms with Crippen LogP contribution in [0.3, 0.4) is 0 Å². The number of thioether (sulfide) groups is 1. The minimum Gasteiger partial charge on any atom is -0.493 e. The first-order valence-corrected chi connectivity index (χ1v) is 8.27. The summed E-state index contributed by atoms with van der Waals surface area (Å²) in [6, 6.07) is 14.2. The lowest BCUT2D eigenvalue weighted by molar-refractivity contribution is -0.0512. The molecular weight excluding hydrogens is 350 g/mol. The van der Waals surface area contributed by atoms with Crippen LogP contribution >= 0.6 is 11.8 Å². The predicted octanol–water partition coefficient (Wildman–Crippen LogP) is 4.64. The molecule has 0 unspecified atom stereocenters. The summed E-state index contributed by atoms with van der Waals surface area (Å²) < 4.78 is 39.8. The number of aromatic nitrogens is 2. The van der Waals surface area contributed by atoms with Crippen LogP contribution in [0.25, 0.3) is 11.5 Å². The highest BCUT2D eigenvalue weighted by atomic mass is 32.2. The van der Waals surface area contributed by atoms with Crippen molar-refractivity contribution in [1.82, 2.24) is 10.2 Å². The number of nitrogens with zero attached hydrogens (tertiary/aromatic N) is 2. The fourth-order valence-corrected chi connectivity index (χ4v) is 2.81. The highest BCUT2D eigenvalue weighted by Crippen LogP contribution is 2.32. The van der Waals surface area contributed by atoms with Crippen LogP contribution in [0.1, 0.15) is 5.56 Å². The van der Waals surface area contributed by atoms with E-state index in [9.17, 15) is 8.78 Å². The number of rotatable bonds is 7. The zero-order chi connectivity index (χ0) is 17.6. The van der Waals surface area contributed by atoms with Crippen molar-refractivity contribution in [3.8, 4) is 23.0 Å². The van der Waals surface area contributed by atoms with Crippen molar-refractivity contribution in [3.05, 3.63) is 54.1 Å². The normalized spacial score (nSPS) is 10.9. The van der Waals surface area contributed by atoms with Crippen molar-refractivity contribution in [3.63, 3.8) is 0 Å². The second-order valence-electron chi connectivity index (χ2n) is 4.89. The second kappa shape index (κ2) is 7.98. The molecule has 0 bridgehead atoms. The van der Waals surface area contributed by atoms with E-state index in [1.54, 1.807) is 12.1 Å². The van der Waals surface area contributed by atoms with E-state index >= 15 is 0 Å². The molecule has 0 saturated heterocycles. The molecule has 0 N–H and O–H groups in total. The van der Waals surface area contributed by atoms with Crippen LogP contribution in [0.4, 0.5) is 8.78 Å². The van der Waals surface area contributed by atoms with Gasteiger partial charge in [-0.1, -0.05) is 36.0 Å². The Morgan fingerprint density at radius 2 is 1.88 bits per heavy atom. The number of methoxy groups -OCH3 is 1. The molecule has 1 heterocycles. The lowest BCUT2D eigenvalue weighted by Crippen LogP contribution is -2.03. The molecular formula is C17H14F2N2O3S. The van der Waals surface area contributed by atoms with Gasteiger partial charge >= 0.3 is 6.61 Å². The quantitative estimate of drug-likeness (QED) is 0.569. The maximum atomic E-state index is 12.3. The molecule has 130 valence electrons. The molecule has 0 radical (unpaired) electrons. The van der Waals surface area contributed by atoms with E-state index in [-0.39, 0.29) is 11.5 Å². The topological polar surface area (TPSA) is 57.4 Å². The standard InChI is InChI=1S/C17H14F2N2O3S/c1-22-14-9-11(7-8-13(14)23-16(18)19)10-25-17-21-20-15(24-17)12-5-3-2-4-6-12/h2-9,16H,10H2,1H3. The average Bonchev–Trinajstić information content (AvgIpc) is 3.10. The van der Waals surface area contributed by atoms with Crippen LogP contribution in [0.2, 0.25) is 0 Å². The van der Waals surface area contributed by atoms with Crippen LogP contribution < -0.4 is 9.47 Å². The monoisotopic (exact) mass is 364 g/mol. The van der Waals surface area contributed by atoms with Crippen molar-refractivity contribution in [1.29, 1.82) is 0 Å². The molecule has 1 aromatic heterocycles. The van der Waals surface area contributed by atoms with Gasteiger partial charge in [0.25, 0.3) is 5.22 Å². The molecule has 3 aromatic rings. The van der Waals surface area contributed by atoms with Gasteiger partial charge in [-0.15, -0.1) is 10.2 Å². The summed E-state index contributed by atoms with van der Waals surface area (Å²) in [6.45, 7) is -2.90. The van der Waals surface area contributed by atoms with Gasteiger partial charge in [-0.05, 0) is 29.8 Å². The van der Waals surface area contributed by atoms with Crippen LogP contribution in [-0.2, 0) is 5.75 Å². The fourth-order valence-electron chi connectivity index (χ4n) is 2.11. The number of ether oxygens (including phenoxy) is 2.